The quantitative estimate of drug-likeness (QED) is 0.816. The Morgan fingerprint density at radius 1 is 1.25 bits per heavy atom. The molecule has 4 nitrogen and oxygen atoms in total. The fourth-order valence-corrected chi connectivity index (χ4v) is 2.21. The van der Waals surface area contributed by atoms with Gasteiger partial charge in [-0.3, -0.25) is 0 Å². The first-order valence-electron chi connectivity index (χ1n) is 5.78. The van der Waals surface area contributed by atoms with Crippen LogP contribution in [0.2, 0.25) is 5.28 Å². The standard InChI is InChI=1S/C11H17ClN4/c12-11-14-9(4-5-13)8-10(15-11)16-6-2-1-3-7-16/h8H,1-7,13H2. The second kappa shape index (κ2) is 5.46. The molecule has 16 heavy (non-hydrogen) atoms. The molecule has 2 heterocycles. The van der Waals surface area contributed by atoms with Crippen molar-refractivity contribution in [3.8, 4) is 0 Å². The Kier molecular flexibility index (Phi) is 3.96. The highest BCUT2D eigenvalue weighted by Gasteiger charge is 2.13. The Morgan fingerprint density at radius 3 is 2.69 bits per heavy atom. The number of hydrogen-bond donors (Lipinski definition) is 1. The van der Waals surface area contributed by atoms with Gasteiger partial charge < -0.3 is 10.6 Å². The van der Waals surface area contributed by atoms with Crippen molar-refractivity contribution in [1.82, 2.24) is 9.97 Å². The van der Waals surface area contributed by atoms with E-state index in [0.717, 1.165) is 31.0 Å². The Hall–Kier alpha value is -0.870. The van der Waals surface area contributed by atoms with Crippen LogP contribution in [-0.2, 0) is 6.42 Å². The summed E-state index contributed by atoms with van der Waals surface area (Å²) >= 11 is 5.92. The number of aromatic nitrogens is 2. The van der Waals surface area contributed by atoms with Crippen molar-refractivity contribution >= 4 is 17.4 Å². The molecule has 0 spiro atoms. The van der Waals surface area contributed by atoms with Crippen LogP contribution in [0.1, 0.15) is 25.0 Å². The van der Waals surface area contributed by atoms with E-state index >= 15 is 0 Å². The van der Waals surface area contributed by atoms with E-state index in [2.05, 4.69) is 14.9 Å². The Labute approximate surface area is 101 Å². The predicted molar refractivity (Wildman–Crippen MR) is 65.9 cm³/mol. The molecule has 0 aromatic carbocycles. The van der Waals surface area contributed by atoms with Crippen molar-refractivity contribution in [3.05, 3.63) is 17.0 Å². The van der Waals surface area contributed by atoms with Crippen molar-refractivity contribution in [2.24, 2.45) is 5.73 Å². The number of hydrogen-bond acceptors (Lipinski definition) is 4. The Bertz CT molecular complexity index is 350. The highest BCUT2D eigenvalue weighted by Crippen LogP contribution is 2.19. The van der Waals surface area contributed by atoms with Crippen LogP contribution in [0.4, 0.5) is 5.82 Å². The molecule has 1 aliphatic heterocycles. The molecule has 0 radical (unpaired) electrons. The maximum atomic E-state index is 5.92. The van der Waals surface area contributed by atoms with Gasteiger partial charge in [-0.25, -0.2) is 9.97 Å². The lowest BCUT2D eigenvalue weighted by atomic mass is 10.1. The molecule has 2 rings (SSSR count). The van der Waals surface area contributed by atoms with Crippen molar-refractivity contribution in [1.29, 1.82) is 0 Å². The molecule has 0 atom stereocenters. The van der Waals surface area contributed by atoms with Crippen molar-refractivity contribution < 1.29 is 0 Å². The topological polar surface area (TPSA) is 55.0 Å². The zero-order valence-corrected chi connectivity index (χ0v) is 10.1. The van der Waals surface area contributed by atoms with E-state index in [1.54, 1.807) is 0 Å². The molecule has 1 aromatic rings. The third kappa shape index (κ3) is 2.83. The van der Waals surface area contributed by atoms with Crippen LogP contribution >= 0.6 is 11.6 Å². The minimum Gasteiger partial charge on any atom is -0.356 e. The van der Waals surface area contributed by atoms with Gasteiger partial charge >= 0.3 is 0 Å². The summed E-state index contributed by atoms with van der Waals surface area (Å²) in [4.78, 5) is 10.7. The fraction of sp³-hybridized carbons (Fsp3) is 0.636. The van der Waals surface area contributed by atoms with E-state index in [-0.39, 0.29) is 0 Å². The van der Waals surface area contributed by atoms with Crippen LogP contribution in [0.5, 0.6) is 0 Å². The molecule has 2 N–H and O–H groups in total. The molecule has 0 bridgehead atoms. The van der Waals surface area contributed by atoms with Crippen molar-refractivity contribution in [3.63, 3.8) is 0 Å². The summed E-state index contributed by atoms with van der Waals surface area (Å²) in [5.74, 6) is 0.947. The van der Waals surface area contributed by atoms with Crippen LogP contribution < -0.4 is 10.6 Å². The summed E-state index contributed by atoms with van der Waals surface area (Å²) < 4.78 is 0. The summed E-state index contributed by atoms with van der Waals surface area (Å²) in [6, 6.07) is 2.00. The first-order chi connectivity index (χ1) is 7.79. The van der Waals surface area contributed by atoms with E-state index < -0.39 is 0 Å². The van der Waals surface area contributed by atoms with E-state index in [4.69, 9.17) is 17.3 Å². The molecule has 88 valence electrons. The number of piperidine rings is 1. The van der Waals surface area contributed by atoms with Gasteiger partial charge in [0.25, 0.3) is 0 Å². The lowest BCUT2D eigenvalue weighted by molar-refractivity contribution is 0.572. The average molecular weight is 241 g/mol. The zero-order chi connectivity index (χ0) is 11.4. The lowest BCUT2D eigenvalue weighted by Gasteiger charge is -2.27. The molecule has 0 aliphatic carbocycles. The number of nitrogens with zero attached hydrogens (tertiary/aromatic N) is 3. The molecule has 1 fully saturated rings. The molecule has 1 aromatic heterocycles. The van der Waals surface area contributed by atoms with E-state index in [1.807, 2.05) is 6.07 Å². The lowest BCUT2D eigenvalue weighted by Crippen LogP contribution is -2.30. The minimum atomic E-state index is 0.325. The highest BCUT2D eigenvalue weighted by molar-refractivity contribution is 6.28. The largest absolute Gasteiger partial charge is 0.356 e. The van der Waals surface area contributed by atoms with Crippen molar-refractivity contribution in [2.75, 3.05) is 24.5 Å². The third-order valence-corrected chi connectivity index (χ3v) is 2.99. The van der Waals surface area contributed by atoms with Crippen LogP contribution in [0, 0.1) is 0 Å². The summed E-state index contributed by atoms with van der Waals surface area (Å²) in [5, 5.41) is 0.325. The monoisotopic (exact) mass is 240 g/mol. The number of rotatable bonds is 3. The Morgan fingerprint density at radius 2 is 2.00 bits per heavy atom. The van der Waals surface area contributed by atoms with Crippen molar-refractivity contribution in [2.45, 2.75) is 25.7 Å². The van der Waals surface area contributed by atoms with Gasteiger partial charge in [0.2, 0.25) is 5.28 Å². The van der Waals surface area contributed by atoms with Gasteiger partial charge in [-0.1, -0.05) is 0 Å². The third-order valence-electron chi connectivity index (χ3n) is 2.82. The summed E-state index contributed by atoms with van der Waals surface area (Å²) in [6.07, 6.45) is 4.52. The SMILES string of the molecule is NCCc1cc(N2CCCCC2)nc(Cl)n1. The molecule has 0 amide bonds. The molecule has 0 saturated carbocycles. The minimum absolute atomic E-state index is 0.325. The first kappa shape index (κ1) is 11.6. The smallest absolute Gasteiger partial charge is 0.224 e. The maximum Gasteiger partial charge on any atom is 0.224 e. The van der Waals surface area contributed by atoms with E-state index in [9.17, 15) is 0 Å². The first-order valence-corrected chi connectivity index (χ1v) is 6.16. The van der Waals surface area contributed by atoms with Crippen LogP contribution in [-0.4, -0.2) is 29.6 Å². The van der Waals surface area contributed by atoms with Gasteiger partial charge in [-0.05, 0) is 37.4 Å². The molecule has 5 heteroatoms. The van der Waals surface area contributed by atoms with Gasteiger partial charge in [0.15, 0.2) is 0 Å². The Balaban J connectivity index is 2.18. The van der Waals surface area contributed by atoms with E-state index in [0.29, 0.717) is 11.8 Å². The summed E-state index contributed by atoms with van der Waals surface area (Å²) in [6.45, 7) is 2.72. The van der Waals surface area contributed by atoms with Crippen LogP contribution in [0.3, 0.4) is 0 Å². The number of anilines is 1. The second-order valence-corrected chi connectivity index (χ2v) is 4.41. The van der Waals surface area contributed by atoms with Crippen LogP contribution in [0.15, 0.2) is 6.07 Å². The predicted octanol–water partition coefficient (Wildman–Crippen LogP) is 1.62. The highest BCUT2D eigenvalue weighted by atomic mass is 35.5. The van der Waals surface area contributed by atoms with E-state index in [1.165, 1.54) is 19.3 Å². The fourth-order valence-electron chi connectivity index (χ4n) is 2.01. The van der Waals surface area contributed by atoms with Gasteiger partial charge in [-0.15, -0.1) is 0 Å². The number of halogens is 1. The van der Waals surface area contributed by atoms with Gasteiger partial charge in [-0.2, -0.15) is 0 Å². The zero-order valence-electron chi connectivity index (χ0n) is 9.32. The van der Waals surface area contributed by atoms with Gasteiger partial charge in [0.1, 0.15) is 5.82 Å². The maximum absolute atomic E-state index is 5.92. The normalized spacial score (nSPS) is 16.5. The molecule has 1 saturated heterocycles. The number of nitrogens with two attached hydrogens (primary N) is 1. The molecule has 1 aliphatic rings. The second-order valence-electron chi connectivity index (χ2n) is 4.07. The van der Waals surface area contributed by atoms with Gasteiger partial charge in [0.05, 0.1) is 0 Å². The summed E-state index contributed by atoms with van der Waals surface area (Å²) in [5.41, 5.74) is 6.46. The molecular formula is C11H17ClN4. The average Bonchev–Trinajstić information content (AvgIpc) is 2.30. The molecule has 0 unspecified atom stereocenters. The molecular weight excluding hydrogens is 224 g/mol. The van der Waals surface area contributed by atoms with Gasteiger partial charge in [0, 0.05) is 31.3 Å². The summed E-state index contributed by atoms with van der Waals surface area (Å²) in [7, 11) is 0. The van der Waals surface area contributed by atoms with Crippen LogP contribution in [0.25, 0.3) is 0 Å².